The van der Waals surface area contributed by atoms with Crippen LogP contribution in [-0.2, 0) is 0 Å². The Labute approximate surface area is 325 Å². The zero-order valence-corrected chi connectivity index (χ0v) is 32.8. The van der Waals surface area contributed by atoms with Gasteiger partial charge in [0.25, 0.3) is 7.41 Å². The number of imidazole rings is 1. The second-order valence-corrected chi connectivity index (χ2v) is 15.5. The first kappa shape index (κ1) is 34.9. The summed E-state index contributed by atoms with van der Waals surface area (Å²) in [6, 6.07) is 16.9. The fourth-order valence-corrected chi connectivity index (χ4v) is 9.13. The summed E-state index contributed by atoms with van der Waals surface area (Å²) in [6.45, 7) is 11.9. The normalized spacial score (nSPS) is 14.5. The molecule has 0 saturated carbocycles. The van der Waals surface area contributed by atoms with Gasteiger partial charge in [0.1, 0.15) is 28.3 Å². The number of aliphatic imine (C=N–C) groups is 1. The van der Waals surface area contributed by atoms with Crippen LogP contribution in [0.2, 0.25) is 5.02 Å². The van der Waals surface area contributed by atoms with E-state index in [-0.39, 0.29) is 13.1 Å². The molecule has 6 aromatic heterocycles. The van der Waals surface area contributed by atoms with Gasteiger partial charge in [-0.05, 0) is 83.5 Å². The van der Waals surface area contributed by atoms with Gasteiger partial charge < -0.3 is 13.7 Å². The topological polar surface area (TPSA) is 131 Å². The molecule has 1 aliphatic rings. The molecule has 2 atom stereocenters. The van der Waals surface area contributed by atoms with Crippen LogP contribution in [0.5, 0.6) is 5.75 Å². The number of hydrogen-bond donors (Lipinski definition) is 0. The fourth-order valence-electron chi connectivity index (χ4n) is 7.79. The molecule has 0 amide bonds. The van der Waals surface area contributed by atoms with Gasteiger partial charge in [0, 0.05) is 38.2 Å². The predicted octanol–water partition coefficient (Wildman–Crippen LogP) is 7.61. The number of ether oxygens (including phenoxy) is 1. The molecule has 2 aromatic carbocycles. The van der Waals surface area contributed by atoms with E-state index in [0.29, 0.717) is 38.9 Å². The zero-order valence-electron chi connectivity index (χ0n) is 31.2. The lowest BCUT2D eigenvalue weighted by Gasteiger charge is -2.15. The van der Waals surface area contributed by atoms with Crippen LogP contribution in [0, 0.1) is 34.6 Å². The summed E-state index contributed by atoms with van der Waals surface area (Å²) >= 11 is 8.04. The van der Waals surface area contributed by atoms with Gasteiger partial charge in [0.05, 0.1) is 58.6 Å². The van der Waals surface area contributed by atoms with Gasteiger partial charge in [-0.2, -0.15) is 0 Å². The smallest absolute Gasteiger partial charge is 0.317 e. The first-order valence-electron chi connectivity index (χ1n) is 17.9. The third kappa shape index (κ3) is 5.45. The molecule has 1 aliphatic heterocycles. The number of methoxy groups -OCH3 is 1. The monoisotopic (exact) mass is 767 g/mol. The van der Waals surface area contributed by atoms with E-state index in [0.717, 1.165) is 61.1 Å². The second-order valence-electron chi connectivity index (χ2n) is 13.9. The van der Waals surface area contributed by atoms with Crippen molar-refractivity contribution < 1.29 is 9.26 Å². The molecule has 0 N–H and O–H groups in total. The average Bonchev–Trinajstić information content (AvgIpc) is 3.88. The van der Waals surface area contributed by atoms with Gasteiger partial charge in [-0.1, -0.05) is 35.0 Å². The molecule has 0 spiro atoms. The molecule has 0 radical (unpaired) electrons. The summed E-state index contributed by atoms with van der Waals surface area (Å²) in [5.41, 5.74) is 8.82. The third-order valence-electron chi connectivity index (χ3n) is 10.6. The highest BCUT2D eigenvalue weighted by Crippen LogP contribution is 2.41. The first-order valence-corrected chi connectivity index (χ1v) is 19.1. The molecule has 0 fully saturated rings. The highest BCUT2D eigenvalue weighted by atomic mass is 35.5. The highest BCUT2D eigenvalue weighted by molar-refractivity contribution is 7.15. The highest BCUT2D eigenvalue weighted by Gasteiger charge is 2.34. The second kappa shape index (κ2) is 13.2. The first-order chi connectivity index (χ1) is 26.5. The minimum Gasteiger partial charge on any atom is -0.496 e. The van der Waals surface area contributed by atoms with E-state index in [1.54, 1.807) is 39.9 Å². The minimum atomic E-state index is -0.597. The van der Waals surface area contributed by atoms with E-state index >= 15 is 4.79 Å². The molecule has 274 valence electrons. The van der Waals surface area contributed by atoms with Crippen molar-refractivity contribution in [2.75, 3.05) is 7.11 Å². The van der Waals surface area contributed by atoms with Crippen LogP contribution in [-0.4, -0.2) is 59.2 Å². The van der Waals surface area contributed by atoms with Gasteiger partial charge >= 0.3 is 5.69 Å². The largest absolute Gasteiger partial charge is 0.496 e. The number of pyridine rings is 2. The maximum Gasteiger partial charge on any atom is 0.317 e. The average molecular weight is 768 g/mol. The maximum atomic E-state index is 15.1. The Morgan fingerprint density at radius 2 is 1.80 bits per heavy atom. The lowest BCUT2D eigenvalue weighted by molar-refractivity contribution is 0.393. The van der Waals surface area contributed by atoms with E-state index in [4.69, 9.17) is 35.9 Å². The van der Waals surface area contributed by atoms with Crippen molar-refractivity contribution in [3.8, 4) is 21.9 Å². The molecule has 8 aromatic rings. The van der Waals surface area contributed by atoms with Crippen LogP contribution < -0.4 is 10.4 Å². The SMILES string of the molecule is COc1cc2c(cc1-c1c(C)noc1C)ncc1c2n([C@H](C)c2ccccn2)c(=O)n1B[C@@H]1N=C(c2ccc(Cl)cc2)c2c(sc(C)c2C)-n2c(C)nnc21. The van der Waals surface area contributed by atoms with Gasteiger partial charge in [-0.15, -0.1) is 21.5 Å². The van der Waals surface area contributed by atoms with Crippen LogP contribution in [0.1, 0.15) is 69.3 Å². The number of halogens is 1. The van der Waals surface area contributed by atoms with Crippen LogP contribution >= 0.6 is 22.9 Å². The Morgan fingerprint density at radius 3 is 2.51 bits per heavy atom. The lowest BCUT2D eigenvalue weighted by Crippen LogP contribution is -2.32. The third-order valence-corrected chi connectivity index (χ3v) is 12.1. The van der Waals surface area contributed by atoms with Crippen molar-refractivity contribution in [1.82, 2.24) is 38.9 Å². The maximum absolute atomic E-state index is 15.1. The number of aryl methyl sites for hydroxylation is 4. The molecule has 12 nitrogen and oxygen atoms in total. The van der Waals surface area contributed by atoms with E-state index in [1.165, 1.54) is 4.88 Å². The van der Waals surface area contributed by atoms with Crippen LogP contribution in [0.25, 0.3) is 38.1 Å². The summed E-state index contributed by atoms with van der Waals surface area (Å²) in [5.74, 6) is 2.07. The van der Waals surface area contributed by atoms with E-state index in [1.807, 2.05) is 82.3 Å². The summed E-state index contributed by atoms with van der Waals surface area (Å²) < 4.78 is 17.2. The Balaban J connectivity index is 1.30. The van der Waals surface area contributed by atoms with Crippen molar-refractivity contribution in [2.24, 2.45) is 4.99 Å². The minimum absolute atomic E-state index is 0.168. The molecule has 15 heteroatoms. The van der Waals surface area contributed by atoms with Crippen LogP contribution in [0.15, 0.2) is 81.3 Å². The van der Waals surface area contributed by atoms with Gasteiger partial charge in [-0.3, -0.25) is 24.1 Å². The summed E-state index contributed by atoms with van der Waals surface area (Å²) in [6.07, 6.45) is 3.51. The number of hydrogen-bond acceptors (Lipinski definition) is 10. The summed E-state index contributed by atoms with van der Waals surface area (Å²) in [7, 11) is 1.80. The molecule has 0 aliphatic carbocycles. The summed E-state index contributed by atoms with van der Waals surface area (Å²) in [4.78, 5) is 31.4. The fraction of sp³-hybridized carbons (Fsp3) is 0.225. The molecule has 0 saturated heterocycles. The van der Waals surface area contributed by atoms with E-state index < -0.39 is 12.0 Å². The molecular formula is C40H35BClN9O3S. The van der Waals surface area contributed by atoms with Crippen molar-refractivity contribution >= 4 is 58.0 Å². The number of thiophene rings is 1. The molecule has 9 rings (SSSR count). The summed E-state index contributed by atoms with van der Waals surface area (Å²) in [5, 5.41) is 15.8. The van der Waals surface area contributed by atoms with Crippen LogP contribution in [0.3, 0.4) is 0 Å². The standard InChI is InChI=1S/C40H35BClN9O3S/c1-19-23(5)55-39-33(19)35(25-11-13-26(42)14-12-25)45-37(38-47-46-24(6)50(38)39)41-51-31-18-44-30-16-28(34-20(2)48-54-22(34)4)32(53-7)17-27(30)36(31)49(40(51)52)21(3)29-10-8-9-15-43-29/h8-18,21,37,41H,1-7H3/t21-,37-/m1/s1. The number of nitrogens with zero attached hydrogens (tertiary/aromatic N) is 9. The Kier molecular flexibility index (Phi) is 8.35. The molecule has 55 heavy (non-hydrogen) atoms. The number of aromatic nitrogens is 8. The van der Waals surface area contributed by atoms with E-state index in [9.17, 15) is 0 Å². The number of rotatable bonds is 7. The zero-order chi connectivity index (χ0) is 38.3. The Hall–Kier alpha value is -5.86. The molecule has 7 heterocycles. The van der Waals surface area contributed by atoms with Crippen molar-refractivity contribution in [2.45, 2.75) is 53.5 Å². The Morgan fingerprint density at radius 1 is 1.00 bits per heavy atom. The van der Waals surface area contributed by atoms with Gasteiger partial charge in [-0.25, -0.2) is 4.79 Å². The van der Waals surface area contributed by atoms with Crippen LogP contribution in [0.4, 0.5) is 0 Å². The quantitative estimate of drug-likeness (QED) is 0.152. The van der Waals surface area contributed by atoms with Crippen molar-refractivity contribution in [1.29, 1.82) is 0 Å². The van der Waals surface area contributed by atoms with Crippen molar-refractivity contribution in [3.05, 3.63) is 133 Å². The number of benzene rings is 2. The molecular weight excluding hydrogens is 733 g/mol. The Bertz CT molecular complexity index is 2890. The number of fused-ring (bicyclic) bond motifs is 6. The predicted molar refractivity (Wildman–Crippen MR) is 217 cm³/mol. The lowest BCUT2D eigenvalue weighted by atomic mass is 9.81. The van der Waals surface area contributed by atoms with Gasteiger partial charge in [0.15, 0.2) is 5.82 Å². The molecule has 0 unspecified atom stereocenters. The van der Waals surface area contributed by atoms with Gasteiger partial charge in [0.2, 0.25) is 0 Å². The van der Waals surface area contributed by atoms with Crippen molar-refractivity contribution in [3.63, 3.8) is 0 Å². The van der Waals surface area contributed by atoms with E-state index in [2.05, 4.69) is 33.7 Å². The molecule has 0 bridgehead atoms.